The van der Waals surface area contributed by atoms with Crippen molar-refractivity contribution in [3.63, 3.8) is 0 Å². The second kappa shape index (κ2) is 8.84. The summed E-state index contributed by atoms with van der Waals surface area (Å²) in [6.07, 6.45) is 3.78. The molecule has 0 aliphatic carbocycles. The molecule has 3 aromatic rings. The molecule has 0 bridgehead atoms. The Morgan fingerprint density at radius 1 is 1.12 bits per heavy atom. The Morgan fingerprint density at radius 3 is 2.88 bits per heavy atom. The number of carbonyl (C=O) groups is 1. The highest BCUT2D eigenvalue weighted by Gasteiger charge is 2.39. The number of nitrogens with zero attached hydrogens (tertiary/aromatic N) is 4. The van der Waals surface area contributed by atoms with Crippen LogP contribution in [-0.4, -0.2) is 64.9 Å². The van der Waals surface area contributed by atoms with Crippen molar-refractivity contribution in [2.24, 2.45) is 5.92 Å². The molecule has 2 fully saturated rings. The smallest absolute Gasteiger partial charge is 0.238 e. The summed E-state index contributed by atoms with van der Waals surface area (Å²) < 4.78 is 0. The molecule has 2 atom stereocenters. The topological polar surface area (TPSA) is 73.4 Å². The van der Waals surface area contributed by atoms with E-state index in [9.17, 15) is 4.79 Å². The Labute approximate surface area is 188 Å². The van der Waals surface area contributed by atoms with E-state index in [0.29, 0.717) is 18.5 Å². The van der Waals surface area contributed by atoms with Gasteiger partial charge in [0.2, 0.25) is 5.91 Å². The molecule has 7 heteroatoms. The van der Waals surface area contributed by atoms with Gasteiger partial charge in [-0.05, 0) is 68.2 Å². The zero-order valence-electron chi connectivity index (χ0n) is 18.7. The zero-order chi connectivity index (χ0) is 22.1. The van der Waals surface area contributed by atoms with Gasteiger partial charge < -0.3 is 15.5 Å². The number of aromatic nitrogens is 2. The highest BCUT2D eigenvalue weighted by molar-refractivity contribution is 5.97. The molecule has 2 saturated heterocycles. The fourth-order valence-corrected chi connectivity index (χ4v) is 5.03. The second-order valence-electron chi connectivity index (χ2n) is 8.97. The van der Waals surface area contributed by atoms with Crippen molar-refractivity contribution in [1.82, 2.24) is 19.8 Å². The van der Waals surface area contributed by atoms with Crippen molar-refractivity contribution in [3.05, 3.63) is 54.4 Å². The molecule has 0 saturated carbocycles. The van der Waals surface area contributed by atoms with Crippen molar-refractivity contribution in [2.45, 2.75) is 25.8 Å². The minimum atomic E-state index is 0.0222. The number of benzene rings is 2. The van der Waals surface area contributed by atoms with Crippen LogP contribution in [0.5, 0.6) is 0 Å². The number of nitrogens with one attached hydrogen (secondary N) is 2. The minimum Gasteiger partial charge on any atom is -0.340 e. The maximum atomic E-state index is 12.7. The molecular formula is C25H30N6O. The number of fused-ring (bicyclic) bond motifs is 2. The van der Waals surface area contributed by atoms with Crippen LogP contribution in [0.3, 0.4) is 0 Å². The fraction of sp³-hybridized carbons (Fsp3) is 0.400. The molecule has 1 amide bonds. The Bertz CT molecular complexity index is 1130. The van der Waals surface area contributed by atoms with Crippen LogP contribution in [0, 0.1) is 5.92 Å². The summed E-state index contributed by atoms with van der Waals surface area (Å²) in [5.74, 6) is 1.45. The van der Waals surface area contributed by atoms with Crippen molar-refractivity contribution < 1.29 is 4.79 Å². The largest absolute Gasteiger partial charge is 0.340 e. The number of aryl methyl sites for hydroxylation is 1. The van der Waals surface area contributed by atoms with Crippen molar-refractivity contribution >= 4 is 34.0 Å². The molecule has 32 heavy (non-hydrogen) atoms. The molecule has 2 aliphatic heterocycles. The van der Waals surface area contributed by atoms with Gasteiger partial charge in [-0.3, -0.25) is 9.69 Å². The van der Waals surface area contributed by atoms with Crippen LogP contribution in [0.2, 0.25) is 0 Å². The molecule has 3 heterocycles. The number of rotatable bonds is 6. The highest BCUT2D eigenvalue weighted by atomic mass is 16.2. The molecule has 2 N–H and O–H groups in total. The van der Waals surface area contributed by atoms with E-state index >= 15 is 0 Å². The summed E-state index contributed by atoms with van der Waals surface area (Å²) in [6, 6.07) is 14.7. The standard InChI is InChI=1S/C25H30N6O/c1-3-17-5-4-6-19(11-17)29-25-21-12-20(7-8-22(21)26-16-27-25)28-24(32)15-31-13-18-9-10-30(2)23(18)14-31/h4-8,11-12,16,18,23H,3,9-10,13-15H2,1-2H3,(H,28,32)(H,26,27,29). The lowest BCUT2D eigenvalue weighted by Crippen LogP contribution is -2.36. The van der Waals surface area contributed by atoms with Crippen LogP contribution < -0.4 is 10.6 Å². The molecule has 2 aliphatic rings. The van der Waals surface area contributed by atoms with E-state index in [2.05, 4.69) is 56.5 Å². The lowest BCUT2D eigenvalue weighted by molar-refractivity contribution is -0.117. The number of carbonyl (C=O) groups excluding carboxylic acids is 1. The van der Waals surface area contributed by atoms with Crippen LogP contribution in [0.4, 0.5) is 17.2 Å². The van der Waals surface area contributed by atoms with Gasteiger partial charge in [-0.25, -0.2) is 9.97 Å². The van der Waals surface area contributed by atoms with Crippen LogP contribution in [0.25, 0.3) is 10.9 Å². The van der Waals surface area contributed by atoms with Crippen molar-refractivity contribution in [3.8, 4) is 0 Å². The molecule has 2 aromatic carbocycles. The normalized spacial score (nSPS) is 21.1. The lowest BCUT2D eigenvalue weighted by Gasteiger charge is -2.20. The Hall–Kier alpha value is -3.03. The van der Waals surface area contributed by atoms with Crippen LogP contribution in [0.1, 0.15) is 18.9 Å². The van der Waals surface area contributed by atoms with E-state index in [-0.39, 0.29) is 5.91 Å². The number of anilines is 3. The lowest BCUT2D eigenvalue weighted by atomic mass is 10.1. The van der Waals surface area contributed by atoms with E-state index in [1.807, 2.05) is 30.3 Å². The highest BCUT2D eigenvalue weighted by Crippen LogP contribution is 2.30. The number of amides is 1. The maximum Gasteiger partial charge on any atom is 0.238 e. The first-order chi connectivity index (χ1) is 15.6. The number of likely N-dealkylation sites (tertiary alicyclic amines) is 2. The van der Waals surface area contributed by atoms with E-state index in [4.69, 9.17) is 0 Å². The monoisotopic (exact) mass is 430 g/mol. The van der Waals surface area contributed by atoms with Crippen molar-refractivity contribution in [1.29, 1.82) is 0 Å². The molecule has 5 rings (SSSR count). The summed E-state index contributed by atoms with van der Waals surface area (Å²) in [5, 5.41) is 7.36. The minimum absolute atomic E-state index is 0.0222. The Balaban J connectivity index is 1.29. The molecule has 0 spiro atoms. The van der Waals surface area contributed by atoms with Gasteiger partial charge in [0, 0.05) is 35.9 Å². The summed E-state index contributed by atoms with van der Waals surface area (Å²) in [7, 11) is 2.19. The van der Waals surface area contributed by atoms with Crippen LogP contribution >= 0.6 is 0 Å². The number of hydrogen-bond acceptors (Lipinski definition) is 6. The first kappa shape index (κ1) is 20.8. The molecular weight excluding hydrogens is 400 g/mol. The van der Waals surface area contributed by atoms with E-state index < -0.39 is 0 Å². The third-order valence-electron chi connectivity index (χ3n) is 6.79. The third-order valence-corrected chi connectivity index (χ3v) is 6.79. The average molecular weight is 431 g/mol. The quantitative estimate of drug-likeness (QED) is 0.624. The first-order valence-corrected chi connectivity index (χ1v) is 11.4. The van der Waals surface area contributed by atoms with Crippen LogP contribution in [0.15, 0.2) is 48.8 Å². The molecule has 0 radical (unpaired) electrons. The van der Waals surface area contributed by atoms with Gasteiger partial charge in [0.25, 0.3) is 0 Å². The molecule has 7 nitrogen and oxygen atoms in total. The summed E-state index contributed by atoms with van der Waals surface area (Å²) >= 11 is 0. The molecule has 2 unspecified atom stereocenters. The van der Waals surface area contributed by atoms with Gasteiger partial charge in [0.1, 0.15) is 12.1 Å². The maximum absolute atomic E-state index is 12.7. The summed E-state index contributed by atoms with van der Waals surface area (Å²) in [5.41, 5.74) is 3.85. The molecule has 166 valence electrons. The fourth-order valence-electron chi connectivity index (χ4n) is 5.03. The second-order valence-corrected chi connectivity index (χ2v) is 8.97. The van der Waals surface area contributed by atoms with E-state index in [1.54, 1.807) is 6.33 Å². The van der Waals surface area contributed by atoms with E-state index in [0.717, 1.165) is 47.6 Å². The first-order valence-electron chi connectivity index (χ1n) is 11.4. The van der Waals surface area contributed by atoms with Gasteiger partial charge in [-0.15, -0.1) is 0 Å². The number of hydrogen-bond donors (Lipinski definition) is 2. The zero-order valence-corrected chi connectivity index (χ0v) is 18.7. The van der Waals surface area contributed by atoms with Gasteiger partial charge >= 0.3 is 0 Å². The molecule has 1 aromatic heterocycles. The Morgan fingerprint density at radius 2 is 2.03 bits per heavy atom. The Kier molecular flexibility index (Phi) is 5.76. The van der Waals surface area contributed by atoms with Gasteiger partial charge in [0.15, 0.2) is 0 Å². The third kappa shape index (κ3) is 4.31. The average Bonchev–Trinajstić information content (AvgIpc) is 3.35. The summed E-state index contributed by atoms with van der Waals surface area (Å²) in [4.78, 5) is 26.3. The van der Waals surface area contributed by atoms with Crippen LogP contribution in [-0.2, 0) is 11.2 Å². The van der Waals surface area contributed by atoms with Gasteiger partial charge in [-0.1, -0.05) is 19.1 Å². The summed E-state index contributed by atoms with van der Waals surface area (Å²) in [6.45, 7) is 5.73. The van der Waals surface area contributed by atoms with E-state index in [1.165, 1.54) is 18.5 Å². The SMILES string of the molecule is CCc1cccc(Nc2ncnc3ccc(NC(=O)CN4CC5CCN(C)C5C4)cc23)c1. The number of likely N-dealkylation sites (N-methyl/N-ethyl adjacent to an activating group) is 1. The predicted octanol–water partition coefficient (Wildman–Crippen LogP) is 3.51. The van der Waals surface area contributed by atoms with Gasteiger partial charge in [-0.2, -0.15) is 0 Å². The van der Waals surface area contributed by atoms with Gasteiger partial charge in [0.05, 0.1) is 12.1 Å². The predicted molar refractivity (Wildman–Crippen MR) is 128 cm³/mol. The van der Waals surface area contributed by atoms with Crippen molar-refractivity contribution in [2.75, 3.05) is 43.9 Å².